The van der Waals surface area contributed by atoms with Gasteiger partial charge in [-0.05, 0) is 26.8 Å². The fourth-order valence-corrected chi connectivity index (χ4v) is 3.37. The Hall–Kier alpha value is -2.72. The van der Waals surface area contributed by atoms with Gasteiger partial charge in [-0.25, -0.2) is 9.59 Å². The molecular weight excluding hydrogens is 452 g/mol. The Morgan fingerprint density at radius 2 is 1.82 bits per heavy atom. The third-order valence-corrected chi connectivity index (χ3v) is 5.24. The number of methoxy groups -OCH3 is 1. The fourth-order valence-electron chi connectivity index (χ4n) is 3.21. The molecule has 2 amide bonds. The minimum Gasteiger partial charge on any atom is -0.496 e. The molecule has 0 bridgehead atoms. The van der Waals surface area contributed by atoms with Crippen molar-refractivity contribution in [3.8, 4) is 5.75 Å². The number of esters is 1. The quantitative estimate of drug-likeness (QED) is 0.425. The molecule has 0 spiro atoms. The van der Waals surface area contributed by atoms with Crippen LogP contribution in [0, 0.1) is 0 Å². The number of ether oxygens (including phenoxy) is 3. The van der Waals surface area contributed by atoms with E-state index in [2.05, 4.69) is 10.2 Å². The van der Waals surface area contributed by atoms with Gasteiger partial charge in [0.05, 0.1) is 17.8 Å². The van der Waals surface area contributed by atoms with Gasteiger partial charge in [0.2, 0.25) is 5.91 Å². The number of halogens is 1. The van der Waals surface area contributed by atoms with E-state index in [1.165, 1.54) is 19.2 Å². The van der Waals surface area contributed by atoms with Crippen LogP contribution in [0.2, 0.25) is 5.02 Å². The van der Waals surface area contributed by atoms with Crippen LogP contribution < -0.4 is 15.8 Å². The molecule has 1 fully saturated rings. The molecule has 1 heterocycles. The van der Waals surface area contributed by atoms with E-state index in [0.29, 0.717) is 44.2 Å². The van der Waals surface area contributed by atoms with Crippen LogP contribution in [0.25, 0.3) is 0 Å². The van der Waals surface area contributed by atoms with Crippen molar-refractivity contribution in [2.75, 3.05) is 58.7 Å². The highest BCUT2D eigenvalue weighted by Gasteiger charge is 2.22. The zero-order valence-corrected chi connectivity index (χ0v) is 20.4. The van der Waals surface area contributed by atoms with E-state index in [-0.39, 0.29) is 36.1 Å². The Bertz CT molecular complexity index is 850. The van der Waals surface area contributed by atoms with Crippen molar-refractivity contribution in [2.24, 2.45) is 0 Å². The van der Waals surface area contributed by atoms with Gasteiger partial charge in [0.1, 0.15) is 23.5 Å². The molecule has 11 heteroatoms. The number of benzene rings is 1. The first kappa shape index (κ1) is 26.5. The molecule has 1 saturated heterocycles. The second kappa shape index (κ2) is 11.9. The second-order valence-corrected chi connectivity index (χ2v) is 9.02. The number of amides is 2. The number of piperazine rings is 1. The van der Waals surface area contributed by atoms with Crippen molar-refractivity contribution in [1.29, 1.82) is 0 Å². The Kier molecular flexibility index (Phi) is 9.60. The number of carbonyl (C=O) groups excluding carboxylic acids is 3. The SMILES string of the molecule is COc1cc(N)c(Cl)cc1C(=O)OCCN1CCN(C(=O)CCNC(=O)OC(C)(C)C)CC1. The smallest absolute Gasteiger partial charge is 0.407 e. The molecular formula is C22H33ClN4O6. The third-order valence-electron chi connectivity index (χ3n) is 4.91. The van der Waals surface area contributed by atoms with Crippen LogP contribution in [0.3, 0.4) is 0 Å². The van der Waals surface area contributed by atoms with E-state index < -0.39 is 17.7 Å². The van der Waals surface area contributed by atoms with Crippen LogP contribution in [0.5, 0.6) is 5.75 Å². The van der Waals surface area contributed by atoms with E-state index in [9.17, 15) is 14.4 Å². The highest BCUT2D eigenvalue weighted by atomic mass is 35.5. The number of nitrogens with two attached hydrogens (primary N) is 1. The topological polar surface area (TPSA) is 123 Å². The molecule has 0 unspecified atom stereocenters. The van der Waals surface area contributed by atoms with Crippen LogP contribution in [0.15, 0.2) is 12.1 Å². The van der Waals surface area contributed by atoms with Gasteiger partial charge >= 0.3 is 12.1 Å². The van der Waals surface area contributed by atoms with Gasteiger partial charge in [-0.3, -0.25) is 9.69 Å². The van der Waals surface area contributed by atoms with Crippen LogP contribution in [0.4, 0.5) is 10.5 Å². The summed E-state index contributed by atoms with van der Waals surface area (Å²) in [5, 5.41) is 2.85. The maximum Gasteiger partial charge on any atom is 0.407 e. The molecule has 1 aliphatic rings. The molecule has 184 valence electrons. The van der Waals surface area contributed by atoms with Gasteiger partial charge < -0.3 is 30.2 Å². The van der Waals surface area contributed by atoms with Crippen LogP contribution in [0.1, 0.15) is 37.6 Å². The molecule has 2 rings (SSSR count). The average Bonchev–Trinajstić information content (AvgIpc) is 2.74. The lowest BCUT2D eigenvalue weighted by atomic mass is 10.2. The molecule has 1 aromatic rings. The zero-order valence-electron chi connectivity index (χ0n) is 19.6. The number of rotatable bonds is 8. The summed E-state index contributed by atoms with van der Waals surface area (Å²) in [6.07, 6.45) is -0.323. The predicted molar refractivity (Wildman–Crippen MR) is 125 cm³/mol. The molecule has 0 aromatic heterocycles. The van der Waals surface area contributed by atoms with E-state index in [4.69, 9.17) is 31.5 Å². The molecule has 0 aliphatic carbocycles. The van der Waals surface area contributed by atoms with E-state index in [1.54, 1.807) is 25.7 Å². The minimum atomic E-state index is -0.576. The van der Waals surface area contributed by atoms with Crippen molar-refractivity contribution in [2.45, 2.75) is 32.8 Å². The Morgan fingerprint density at radius 1 is 1.15 bits per heavy atom. The van der Waals surface area contributed by atoms with Gasteiger partial charge in [-0.15, -0.1) is 0 Å². The van der Waals surface area contributed by atoms with Crippen molar-refractivity contribution < 1.29 is 28.6 Å². The van der Waals surface area contributed by atoms with Crippen LogP contribution >= 0.6 is 11.6 Å². The summed E-state index contributed by atoms with van der Waals surface area (Å²) in [6, 6.07) is 2.91. The molecule has 1 aliphatic heterocycles. The maximum atomic E-state index is 12.4. The molecule has 10 nitrogen and oxygen atoms in total. The molecule has 0 atom stereocenters. The third kappa shape index (κ3) is 8.62. The lowest BCUT2D eigenvalue weighted by molar-refractivity contribution is -0.132. The fraction of sp³-hybridized carbons (Fsp3) is 0.591. The van der Waals surface area contributed by atoms with E-state index in [1.807, 2.05) is 0 Å². The normalized spacial score (nSPS) is 14.5. The number of anilines is 1. The first-order valence-corrected chi connectivity index (χ1v) is 11.1. The highest BCUT2D eigenvalue weighted by Crippen LogP contribution is 2.29. The lowest BCUT2D eigenvalue weighted by Crippen LogP contribution is -2.50. The maximum absolute atomic E-state index is 12.4. The van der Waals surface area contributed by atoms with Gasteiger partial charge in [0.15, 0.2) is 0 Å². The molecule has 0 radical (unpaired) electrons. The largest absolute Gasteiger partial charge is 0.496 e. The molecule has 3 N–H and O–H groups in total. The standard InChI is InChI=1S/C22H33ClN4O6/c1-22(2,3)33-21(30)25-6-5-19(28)27-9-7-26(8-10-27)11-12-32-20(29)15-13-16(23)17(24)14-18(15)31-4/h13-14H,5-12,24H2,1-4H3,(H,25,30). The molecule has 0 saturated carbocycles. The van der Waals surface area contributed by atoms with E-state index in [0.717, 1.165) is 0 Å². The number of hydrogen-bond acceptors (Lipinski definition) is 8. The highest BCUT2D eigenvalue weighted by molar-refractivity contribution is 6.33. The second-order valence-electron chi connectivity index (χ2n) is 8.61. The monoisotopic (exact) mass is 484 g/mol. The van der Waals surface area contributed by atoms with Crippen molar-refractivity contribution in [3.63, 3.8) is 0 Å². The number of nitrogens with zero attached hydrogens (tertiary/aromatic N) is 2. The first-order valence-electron chi connectivity index (χ1n) is 10.8. The van der Waals surface area contributed by atoms with Crippen LogP contribution in [-0.4, -0.2) is 86.4 Å². The number of hydrogen-bond donors (Lipinski definition) is 2. The molecule has 33 heavy (non-hydrogen) atoms. The van der Waals surface area contributed by atoms with Gasteiger partial charge in [0, 0.05) is 51.8 Å². The zero-order chi connectivity index (χ0) is 24.6. The number of carbonyl (C=O) groups is 3. The summed E-state index contributed by atoms with van der Waals surface area (Å²) in [6.45, 7) is 8.77. The molecule has 1 aromatic carbocycles. The van der Waals surface area contributed by atoms with Crippen LogP contribution in [-0.2, 0) is 14.3 Å². The van der Waals surface area contributed by atoms with Gasteiger partial charge in [0.25, 0.3) is 0 Å². The van der Waals surface area contributed by atoms with Crippen molar-refractivity contribution >= 4 is 35.3 Å². The van der Waals surface area contributed by atoms with E-state index >= 15 is 0 Å². The Morgan fingerprint density at radius 3 is 2.42 bits per heavy atom. The summed E-state index contributed by atoms with van der Waals surface area (Å²) in [4.78, 5) is 40.3. The minimum absolute atomic E-state index is 0.0236. The Labute approximate surface area is 199 Å². The number of nitrogen functional groups attached to an aromatic ring is 1. The summed E-state index contributed by atoms with van der Waals surface area (Å²) < 4.78 is 15.7. The summed E-state index contributed by atoms with van der Waals surface area (Å²) in [5.41, 5.74) is 5.69. The average molecular weight is 485 g/mol. The summed E-state index contributed by atoms with van der Waals surface area (Å²) >= 11 is 6.00. The van der Waals surface area contributed by atoms with Gasteiger partial charge in [-0.1, -0.05) is 11.6 Å². The lowest BCUT2D eigenvalue weighted by Gasteiger charge is -2.34. The van der Waals surface area contributed by atoms with Gasteiger partial charge in [-0.2, -0.15) is 0 Å². The van der Waals surface area contributed by atoms with Crippen molar-refractivity contribution in [1.82, 2.24) is 15.1 Å². The number of nitrogens with one attached hydrogen (secondary N) is 1. The first-order chi connectivity index (χ1) is 15.5. The summed E-state index contributed by atoms with van der Waals surface area (Å²) in [7, 11) is 1.44. The van der Waals surface area contributed by atoms with Crippen molar-refractivity contribution in [3.05, 3.63) is 22.7 Å². The number of alkyl carbamates (subject to hydrolysis) is 1. The Balaban J connectivity index is 1.68. The predicted octanol–water partition coefficient (Wildman–Crippen LogP) is 2.15. The summed E-state index contributed by atoms with van der Waals surface area (Å²) in [5.74, 6) is -0.264.